The van der Waals surface area contributed by atoms with Gasteiger partial charge < -0.3 is 5.11 Å². The second-order valence-electron chi connectivity index (χ2n) is 3.90. The average Bonchev–Trinajstić information content (AvgIpc) is 2.87. The molecule has 0 saturated heterocycles. The smallest absolute Gasteiger partial charge is 0.316 e. The Balaban J connectivity index is 2.22. The maximum Gasteiger partial charge on any atom is 0.316 e. The topological polar surface area (TPSA) is 93.3 Å². The molecule has 1 unspecified atom stereocenters. The van der Waals surface area contributed by atoms with Gasteiger partial charge in [-0.05, 0) is 6.92 Å². The first-order valence-electron chi connectivity index (χ1n) is 5.57. The molecule has 0 fully saturated rings. The highest BCUT2D eigenvalue weighted by Crippen LogP contribution is 2.31. The third-order valence-corrected chi connectivity index (χ3v) is 4.52. The molecule has 0 aliphatic heterocycles. The highest BCUT2D eigenvalue weighted by molar-refractivity contribution is 8.02. The van der Waals surface area contributed by atoms with Crippen LogP contribution in [0.5, 0.6) is 0 Å². The summed E-state index contributed by atoms with van der Waals surface area (Å²) < 4.78 is 0.626. The zero-order valence-corrected chi connectivity index (χ0v) is 12.0. The van der Waals surface area contributed by atoms with Gasteiger partial charge in [0.05, 0.1) is 10.6 Å². The molecule has 104 valence electrons. The average molecular weight is 310 g/mol. The molecule has 0 amide bonds. The Kier molecular flexibility index (Phi) is 4.35. The predicted octanol–water partition coefficient (Wildman–Crippen LogP) is 3.28. The molecule has 0 spiro atoms. The van der Waals surface area contributed by atoms with Crippen LogP contribution in [0.2, 0.25) is 0 Å². The molecular formula is C12H10N2O4S2. The number of aromatic nitrogens is 1. The summed E-state index contributed by atoms with van der Waals surface area (Å²) in [5, 5.41) is 20.7. The van der Waals surface area contributed by atoms with Crippen molar-refractivity contribution in [3.8, 4) is 11.3 Å². The van der Waals surface area contributed by atoms with E-state index in [1.54, 1.807) is 24.4 Å². The van der Waals surface area contributed by atoms with Gasteiger partial charge in [-0.15, -0.1) is 11.3 Å². The normalized spacial score (nSPS) is 12.1. The number of aliphatic carboxylic acids is 1. The highest BCUT2D eigenvalue weighted by Gasteiger charge is 2.16. The van der Waals surface area contributed by atoms with Crippen LogP contribution in [-0.2, 0) is 4.79 Å². The molecule has 1 N–H and O–H groups in total. The number of carboxylic acid groups (broad SMARTS) is 1. The molecule has 1 aromatic carbocycles. The highest BCUT2D eigenvalue weighted by atomic mass is 32.2. The largest absolute Gasteiger partial charge is 0.480 e. The zero-order valence-electron chi connectivity index (χ0n) is 10.3. The fourth-order valence-electron chi connectivity index (χ4n) is 1.42. The molecule has 20 heavy (non-hydrogen) atoms. The first kappa shape index (κ1) is 14.5. The lowest BCUT2D eigenvalue weighted by Crippen LogP contribution is -2.10. The van der Waals surface area contributed by atoms with Crippen LogP contribution in [0.3, 0.4) is 0 Å². The molecule has 0 aliphatic rings. The summed E-state index contributed by atoms with van der Waals surface area (Å²) in [6.45, 7) is 1.58. The van der Waals surface area contributed by atoms with Crippen LogP contribution in [-0.4, -0.2) is 26.2 Å². The number of carbonyl (C=O) groups is 1. The number of nitrogens with zero attached hydrogens (tertiary/aromatic N) is 2. The minimum Gasteiger partial charge on any atom is -0.480 e. The van der Waals surface area contributed by atoms with Gasteiger partial charge in [0, 0.05) is 23.1 Å². The van der Waals surface area contributed by atoms with Crippen LogP contribution in [0, 0.1) is 10.1 Å². The van der Waals surface area contributed by atoms with E-state index in [9.17, 15) is 14.9 Å². The zero-order chi connectivity index (χ0) is 14.7. The number of hydrogen-bond acceptors (Lipinski definition) is 6. The second-order valence-corrected chi connectivity index (χ2v) is 6.35. The Morgan fingerprint density at radius 1 is 1.55 bits per heavy atom. The van der Waals surface area contributed by atoms with E-state index in [1.807, 2.05) is 0 Å². The van der Waals surface area contributed by atoms with Crippen molar-refractivity contribution < 1.29 is 14.8 Å². The minimum absolute atomic E-state index is 0.00334. The van der Waals surface area contributed by atoms with Crippen molar-refractivity contribution in [1.82, 2.24) is 4.98 Å². The van der Waals surface area contributed by atoms with Crippen molar-refractivity contribution in [2.75, 3.05) is 0 Å². The minimum atomic E-state index is -0.901. The van der Waals surface area contributed by atoms with Crippen molar-refractivity contribution in [1.29, 1.82) is 0 Å². The summed E-state index contributed by atoms with van der Waals surface area (Å²) in [5.74, 6) is -0.901. The Morgan fingerprint density at radius 3 is 2.95 bits per heavy atom. The molecule has 1 aromatic heterocycles. The molecule has 0 bridgehead atoms. The third kappa shape index (κ3) is 3.34. The van der Waals surface area contributed by atoms with Gasteiger partial charge in [-0.25, -0.2) is 4.98 Å². The number of carboxylic acids is 1. The molecule has 8 heteroatoms. The lowest BCUT2D eigenvalue weighted by atomic mass is 10.1. The van der Waals surface area contributed by atoms with Crippen LogP contribution in [0.1, 0.15) is 6.92 Å². The summed E-state index contributed by atoms with van der Waals surface area (Å²) in [6, 6.07) is 6.19. The molecule has 2 rings (SSSR count). The Labute approximate surface area is 122 Å². The van der Waals surface area contributed by atoms with Crippen molar-refractivity contribution in [3.05, 3.63) is 39.8 Å². The Morgan fingerprint density at radius 2 is 2.30 bits per heavy atom. The third-order valence-electron chi connectivity index (χ3n) is 2.46. The number of nitro groups is 1. The maximum absolute atomic E-state index is 10.8. The summed E-state index contributed by atoms with van der Waals surface area (Å²) >= 11 is 2.47. The van der Waals surface area contributed by atoms with Gasteiger partial charge >= 0.3 is 5.97 Å². The standard InChI is InChI=1S/C12H10N2O4S2/c1-7(11(15)16)20-12-13-10(6-19-12)8-3-2-4-9(5-8)14(17)18/h2-7H,1H3,(H,15,16). The number of nitro benzene ring substituents is 1. The van der Waals surface area contributed by atoms with Crippen molar-refractivity contribution in [2.24, 2.45) is 0 Å². The van der Waals surface area contributed by atoms with Crippen molar-refractivity contribution in [2.45, 2.75) is 16.5 Å². The fraction of sp³-hybridized carbons (Fsp3) is 0.167. The van der Waals surface area contributed by atoms with Gasteiger partial charge in [0.2, 0.25) is 0 Å². The lowest BCUT2D eigenvalue weighted by molar-refractivity contribution is -0.384. The van der Waals surface area contributed by atoms with Gasteiger partial charge in [-0.2, -0.15) is 0 Å². The van der Waals surface area contributed by atoms with Crippen molar-refractivity contribution >= 4 is 34.8 Å². The van der Waals surface area contributed by atoms with Crippen LogP contribution < -0.4 is 0 Å². The van der Waals surface area contributed by atoms with E-state index in [4.69, 9.17) is 5.11 Å². The SMILES string of the molecule is CC(Sc1nc(-c2cccc([N+](=O)[O-])c2)cs1)C(=O)O. The van der Waals surface area contributed by atoms with E-state index in [-0.39, 0.29) is 5.69 Å². The lowest BCUT2D eigenvalue weighted by Gasteiger charge is -2.01. The Hall–Kier alpha value is -1.93. The van der Waals surface area contributed by atoms with Crippen LogP contribution in [0.25, 0.3) is 11.3 Å². The maximum atomic E-state index is 10.8. The summed E-state index contributed by atoms with van der Waals surface area (Å²) in [5.41, 5.74) is 1.26. The van der Waals surface area contributed by atoms with Gasteiger partial charge in [-0.1, -0.05) is 23.9 Å². The molecule has 0 saturated carbocycles. The van der Waals surface area contributed by atoms with E-state index in [2.05, 4.69) is 4.98 Å². The fourth-order valence-corrected chi connectivity index (χ4v) is 3.33. The summed E-state index contributed by atoms with van der Waals surface area (Å²) in [6.07, 6.45) is 0. The number of non-ortho nitro benzene ring substituents is 1. The number of rotatable bonds is 5. The first-order chi connectivity index (χ1) is 9.47. The first-order valence-corrected chi connectivity index (χ1v) is 7.33. The van der Waals surface area contributed by atoms with Gasteiger partial charge in [0.15, 0.2) is 4.34 Å². The number of hydrogen-bond donors (Lipinski definition) is 1. The molecule has 1 atom stereocenters. The van der Waals surface area contributed by atoms with E-state index in [0.717, 1.165) is 11.8 Å². The molecular weight excluding hydrogens is 300 g/mol. The van der Waals surface area contributed by atoms with Gasteiger partial charge in [-0.3, -0.25) is 14.9 Å². The molecule has 2 aromatic rings. The number of thioether (sulfide) groups is 1. The van der Waals surface area contributed by atoms with Gasteiger partial charge in [0.1, 0.15) is 5.25 Å². The predicted molar refractivity (Wildman–Crippen MR) is 77.2 cm³/mol. The van der Waals surface area contributed by atoms with E-state index in [1.165, 1.54) is 23.5 Å². The van der Waals surface area contributed by atoms with Crippen molar-refractivity contribution in [3.63, 3.8) is 0 Å². The molecule has 1 heterocycles. The van der Waals surface area contributed by atoms with Crippen LogP contribution in [0.15, 0.2) is 34.0 Å². The molecule has 0 aliphatic carbocycles. The van der Waals surface area contributed by atoms with Gasteiger partial charge in [0.25, 0.3) is 5.69 Å². The van der Waals surface area contributed by atoms with E-state index in [0.29, 0.717) is 15.6 Å². The van der Waals surface area contributed by atoms with E-state index < -0.39 is 16.1 Å². The van der Waals surface area contributed by atoms with E-state index >= 15 is 0 Å². The quantitative estimate of drug-likeness (QED) is 0.517. The summed E-state index contributed by atoms with van der Waals surface area (Å²) in [4.78, 5) is 25.3. The number of benzene rings is 1. The second kappa shape index (κ2) is 6.02. The molecule has 6 nitrogen and oxygen atoms in total. The monoisotopic (exact) mass is 310 g/mol. The van der Waals surface area contributed by atoms with Crippen LogP contribution >= 0.6 is 23.1 Å². The summed E-state index contributed by atoms with van der Waals surface area (Å²) in [7, 11) is 0. The van der Waals surface area contributed by atoms with Crippen LogP contribution in [0.4, 0.5) is 5.69 Å². The Bertz CT molecular complexity index is 656. The molecule has 0 radical (unpaired) electrons. The number of thiazole rings is 1.